The number of alkyl halides is 2. The molecule has 7 heteroatoms. The van der Waals surface area contributed by atoms with E-state index in [4.69, 9.17) is 5.11 Å². The first-order valence-electron chi connectivity index (χ1n) is 4.49. The lowest BCUT2D eigenvalue weighted by molar-refractivity contribution is -0.152. The molecule has 0 atom stereocenters. The van der Waals surface area contributed by atoms with Crippen molar-refractivity contribution < 1.29 is 27.1 Å². The molecule has 15 heavy (non-hydrogen) atoms. The van der Waals surface area contributed by atoms with Crippen molar-refractivity contribution in [3.63, 3.8) is 0 Å². The lowest BCUT2D eigenvalue weighted by atomic mass is 9.79. The molecular formula is C8H12F2O4S. The number of carboxylic acids is 1. The maximum atomic E-state index is 12.2. The molecule has 88 valence electrons. The van der Waals surface area contributed by atoms with Crippen molar-refractivity contribution >= 4 is 15.8 Å². The number of carboxylic acid groups (broad SMARTS) is 1. The van der Waals surface area contributed by atoms with Gasteiger partial charge in [0.05, 0.1) is 16.9 Å². The van der Waals surface area contributed by atoms with Crippen LogP contribution in [-0.2, 0) is 14.6 Å². The van der Waals surface area contributed by atoms with Gasteiger partial charge in [-0.3, -0.25) is 4.79 Å². The molecule has 4 nitrogen and oxygen atoms in total. The van der Waals surface area contributed by atoms with Gasteiger partial charge >= 0.3 is 5.97 Å². The van der Waals surface area contributed by atoms with E-state index in [2.05, 4.69) is 0 Å². The van der Waals surface area contributed by atoms with E-state index in [9.17, 15) is 22.0 Å². The van der Waals surface area contributed by atoms with Gasteiger partial charge in [-0.25, -0.2) is 17.2 Å². The molecule has 0 aromatic carbocycles. The minimum atomic E-state index is -3.23. The molecule has 0 aliphatic carbocycles. The highest BCUT2D eigenvalue weighted by atomic mass is 32.2. The summed E-state index contributed by atoms with van der Waals surface area (Å²) in [4.78, 5) is 10.9. The van der Waals surface area contributed by atoms with Crippen molar-refractivity contribution in [2.24, 2.45) is 5.41 Å². The third-order valence-corrected chi connectivity index (χ3v) is 4.43. The number of rotatable bonds is 3. The zero-order valence-electron chi connectivity index (χ0n) is 7.95. The average molecular weight is 242 g/mol. The number of hydrogen-bond donors (Lipinski definition) is 1. The molecule has 1 heterocycles. The predicted octanol–water partition coefficient (Wildman–Crippen LogP) is 0.921. The Bertz CT molecular complexity index is 336. The Morgan fingerprint density at radius 2 is 1.80 bits per heavy atom. The highest BCUT2D eigenvalue weighted by Gasteiger charge is 2.45. The topological polar surface area (TPSA) is 71.4 Å². The quantitative estimate of drug-likeness (QED) is 0.798. The summed E-state index contributed by atoms with van der Waals surface area (Å²) in [6.07, 6.45) is -3.91. The molecule has 1 N–H and O–H groups in total. The first kappa shape index (κ1) is 12.4. The Kier molecular flexibility index (Phi) is 3.32. The van der Waals surface area contributed by atoms with Crippen LogP contribution in [0.4, 0.5) is 8.78 Å². The highest BCUT2D eigenvalue weighted by Crippen LogP contribution is 2.38. The van der Waals surface area contributed by atoms with Gasteiger partial charge < -0.3 is 5.11 Å². The molecule has 0 aromatic heterocycles. The average Bonchev–Trinajstić information content (AvgIpc) is 2.08. The number of sulfone groups is 1. The van der Waals surface area contributed by atoms with Crippen molar-refractivity contribution in [2.75, 3.05) is 11.5 Å². The van der Waals surface area contributed by atoms with E-state index in [0.29, 0.717) is 0 Å². The van der Waals surface area contributed by atoms with Crippen LogP contribution in [0, 0.1) is 5.41 Å². The summed E-state index contributed by atoms with van der Waals surface area (Å²) >= 11 is 0. The summed E-state index contributed by atoms with van der Waals surface area (Å²) in [5, 5.41) is 8.88. The number of hydrogen-bond acceptors (Lipinski definition) is 3. The molecule has 0 unspecified atom stereocenters. The van der Waals surface area contributed by atoms with Gasteiger partial charge in [0.2, 0.25) is 6.43 Å². The Morgan fingerprint density at radius 3 is 2.13 bits per heavy atom. The summed E-state index contributed by atoms with van der Waals surface area (Å²) in [6.45, 7) is 0. The molecule has 0 saturated carbocycles. The normalized spacial score (nSPS) is 23.9. The standard InChI is InChI=1S/C8H12F2O4S/c9-6(10)5-8(7(11)12)1-3-15(13,14)4-2-8/h6H,1-5H2,(H,11,12). The van der Waals surface area contributed by atoms with Crippen LogP contribution < -0.4 is 0 Å². The Hall–Kier alpha value is -0.720. The fourth-order valence-electron chi connectivity index (χ4n) is 1.73. The van der Waals surface area contributed by atoms with E-state index in [1.807, 2.05) is 0 Å². The van der Waals surface area contributed by atoms with E-state index in [-0.39, 0.29) is 24.3 Å². The van der Waals surface area contributed by atoms with Crippen molar-refractivity contribution in [1.29, 1.82) is 0 Å². The summed E-state index contributed by atoms with van der Waals surface area (Å²) < 4.78 is 46.5. The van der Waals surface area contributed by atoms with Crippen LogP contribution in [0.25, 0.3) is 0 Å². The van der Waals surface area contributed by atoms with Gasteiger partial charge in [0.15, 0.2) is 0 Å². The van der Waals surface area contributed by atoms with Crippen LogP contribution in [-0.4, -0.2) is 37.4 Å². The maximum Gasteiger partial charge on any atom is 0.309 e. The summed E-state index contributed by atoms with van der Waals surface area (Å²) in [7, 11) is -3.23. The van der Waals surface area contributed by atoms with Crippen molar-refractivity contribution in [3.8, 4) is 0 Å². The maximum absolute atomic E-state index is 12.2. The zero-order valence-corrected chi connectivity index (χ0v) is 8.77. The second kappa shape index (κ2) is 4.03. The van der Waals surface area contributed by atoms with E-state index < -0.39 is 34.1 Å². The summed E-state index contributed by atoms with van der Waals surface area (Å²) in [5.41, 5.74) is -1.56. The lowest BCUT2D eigenvalue weighted by Gasteiger charge is -2.32. The third-order valence-electron chi connectivity index (χ3n) is 2.78. The van der Waals surface area contributed by atoms with Gasteiger partial charge in [0.25, 0.3) is 0 Å². The highest BCUT2D eigenvalue weighted by molar-refractivity contribution is 7.91. The molecule has 0 radical (unpaired) electrons. The summed E-state index contributed by atoms with van der Waals surface area (Å²) in [5.74, 6) is -1.95. The minimum absolute atomic E-state index is 0.213. The van der Waals surface area contributed by atoms with Gasteiger partial charge in [0.1, 0.15) is 9.84 Å². The monoisotopic (exact) mass is 242 g/mol. The predicted molar refractivity (Wildman–Crippen MR) is 48.6 cm³/mol. The Balaban J connectivity index is 2.82. The second-order valence-corrected chi connectivity index (χ2v) is 6.14. The molecule has 1 aliphatic rings. The molecule has 0 bridgehead atoms. The zero-order chi connectivity index (χ0) is 11.7. The van der Waals surface area contributed by atoms with E-state index in [1.54, 1.807) is 0 Å². The molecule has 1 fully saturated rings. The van der Waals surface area contributed by atoms with Crippen LogP contribution in [0.1, 0.15) is 19.3 Å². The summed E-state index contributed by atoms with van der Waals surface area (Å²) in [6, 6.07) is 0. The van der Waals surface area contributed by atoms with Crippen LogP contribution in [0.3, 0.4) is 0 Å². The molecule has 0 aromatic rings. The lowest BCUT2D eigenvalue weighted by Crippen LogP contribution is -2.41. The third kappa shape index (κ3) is 2.87. The minimum Gasteiger partial charge on any atom is -0.481 e. The number of carbonyl (C=O) groups is 1. The first-order valence-corrected chi connectivity index (χ1v) is 6.32. The molecule has 0 spiro atoms. The second-order valence-electron chi connectivity index (χ2n) is 3.83. The van der Waals surface area contributed by atoms with E-state index in [1.165, 1.54) is 0 Å². The Labute approximate surface area is 86.2 Å². The van der Waals surface area contributed by atoms with Crippen LogP contribution in [0.15, 0.2) is 0 Å². The Morgan fingerprint density at radius 1 is 1.33 bits per heavy atom. The van der Waals surface area contributed by atoms with Gasteiger partial charge in [-0.15, -0.1) is 0 Å². The van der Waals surface area contributed by atoms with Gasteiger partial charge in [0, 0.05) is 6.42 Å². The van der Waals surface area contributed by atoms with E-state index >= 15 is 0 Å². The van der Waals surface area contributed by atoms with E-state index in [0.717, 1.165) is 0 Å². The van der Waals surface area contributed by atoms with Crippen molar-refractivity contribution in [3.05, 3.63) is 0 Å². The number of halogens is 2. The molecule has 1 saturated heterocycles. The van der Waals surface area contributed by atoms with Crippen LogP contribution >= 0.6 is 0 Å². The fourth-order valence-corrected chi connectivity index (χ4v) is 3.34. The van der Waals surface area contributed by atoms with Crippen molar-refractivity contribution in [1.82, 2.24) is 0 Å². The number of aliphatic carboxylic acids is 1. The van der Waals surface area contributed by atoms with Gasteiger partial charge in [-0.2, -0.15) is 0 Å². The largest absolute Gasteiger partial charge is 0.481 e. The smallest absolute Gasteiger partial charge is 0.309 e. The molecule has 1 rings (SSSR count). The molecule has 0 amide bonds. The van der Waals surface area contributed by atoms with Crippen LogP contribution in [0.2, 0.25) is 0 Å². The van der Waals surface area contributed by atoms with Crippen molar-refractivity contribution in [2.45, 2.75) is 25.7 Å². The first-order chi connectivity index (χ1) is 6.77. The fraction of sp³-hybridized carbons (Fsp3) is 0.875. The van der Waals surface area contributed by atoms with Gasteiger partial charge in [-0.05, 0) is 12.8 Å². The molecule has 1 aliphatic heterocycles. The molecular weight excluding hydrogens is 230 g/mol. The van der Waals surface area contributed by atoms with Gasteiger partial charge in [-0.1, -0.05) is 0 Å². The van der Waals surface area contributed by atoms with Crippen LogP contribution in [0.5, 0.6) is 0 Å². The SMILES string of the molecule is O=C(O)C1(CC(F)F)CCS(=O)(=O)CC1.